The van der Waals surface area contributed by atoms with Crippen LogP contribution in [-0.4, -0.2) is 48.9 Å². The van der Waals surface area contributed by atoms with E-state index in [9.17, 15) is 9.59 Å². The minimum Gasteiger partial charge on any atom is -0.356 e. The average molecular weight is 295 g/mol. The van der Waals surface area contributed by atoms with Gasteiger partial charge >= 0.3 is 0 Å². The summed E-state index contributed by atoms with van der Waals surface area (Å²) in [5.41, 5.74) is 0. The molecule has 5 heteroatoms. The molecule has 2 fully saturated rings. The summed E-state index contributed by atoms with van der Waals surface area (Å²) in [5, 5.41) is 6.43. The number of hydrogen-bond acceptors (Lipinski definition) is 3. The Balaban J connectivity index is 1.57. The van der Waals surface area contributed by atoms with E-state index in [2.05, 4.69) is 10.6 Å². The van der Waals surface area contributed by atoms with Gasteiger partial charge in [-0.2, -0.15) is 0 Å². The van der Waals surface area contributed by atoms with Gasteiger partial charge in [-0.05, 0) is 44.6 Å². The normalized spacial score (nSPS) is 19.6. The van der Waals surface area contributed by atoms with Crippen LogP contribution in [0.25, 0.3) is 0 Å². The number of piperidine rings is 1. The van der Waals surface area contributed by atoms with E-state index in [-0.39, 0.29) is 11.8 Å². The summed E-state index contributed by atoms with van der Waals surface area (Å²) >= 11 is 0. The van der Waals surface area contributed by atoms with Crippen LogP contribution >= 0.6 is 0 Å². The van der Waals surface area contributed by atoms with Crippen molar-refractivity contribution in [1.82, 2.24) is 15.5 Å². The first kappa shape index (κ1) is 16.3. The Labute approximate surface area is 127 Å². The molecular formula is C16H29N3O2. The van der Waals surface area contributed by atoms with Gasteiger partial charge in [0.15, 0.2) is 0 Å². The van der Waals surface area contributed by atoms with Crippen LogP contribution in [0.3, 0.4) is 0 Å². The van der Waals surface area contributed by atoms with Crippen LogP contribution in [0.2, 0.25) is 0 Å². The summed E-state index contributed by atoms with van der Waals surface area (Å²) in [7, 11) is 0. The summed E-state index contributed by atoms with van der Waals surface area (Å²) in [4.78, 5) is 25.5. The molecule has 2 N–H and O–H groups in total. The fraction of sp³-hybridized carbons (Fsp3) is 0.875. The molecule has 0 atom stereocenters. The quantitative estimate of drug-likeness (QED) is 0.709. The maximum absolute atomic E-state index is 12.1. The molecule has 0 spiro atoms. The molecule has 0 unspecified atom stereocenters. The first-order chi connectivity index (χ1) is 10.2. The SMILES string of the molecule is CCCNC(=O)CCC(=O)N1CCC(NCC2CC2)CC1. The van der Waals surface area contributed by atoms with Gasteiger partial charge in [-0.15, -0.1) is 0 Å². The predicted molar refractivity (Wildman–Crippen MR) is 82.9 cm³/mol. The van der Waals surface area contributed by atoms with Gasteiger partial charge in [-0.1, -0.05) is 6.92 Å². The van der Waals surface area contributed by atoms with E-state index >= 15 is 0 Å². The molecule has 1 aliphatic carbocycles. The zero-order valence-corrected chi connectivity index (χ0v) is 13.2. The Morgan fingerprint density at radius 2 is 1.81 bits per heavy atom. The number of likely N-dealkylation sites (tertiary alicyclic amines) is 1. The lowest BCUT2D eigenvalue weighted by molar-refractivity contribution is -0.134. The van der Waals surface area contributed by atoms with Crippen LogP contribution in [0.5, 0.6) is 0 Å². The smallest absolute Gasteiger partial charge is 0.223 e. The van der Waals surface area contributed by atoms with Crippen LogP contribution in [0.15, 0.2) is 0 Å². The third kappa shape index (κ3) is 6.04. The maximum Gasteiger partial charge on any atom is 0.223 e. The van der Waals surface area contributed by atoms with Gasteiger partial charge in [0.1, 0.15) is 0 Å². The molecule has 0 bridgehead atoms. The van der Waals surface area contributed by atoms with Crippen LogP contribution in [-0.2, 0) is 9.59 Å². The second kappa shape index (κ2) is 8.37. The molecule has 1 saturated heterocycles. The van der Waals surface area contributed by atoms with Crippen molar-refractivity contribution in [3.05, 3.63) is 0 Å². The molecule has 1 heterocycles. The first-order valence-corrected chi connectivity index (χ1v) is 8.47. The van der Waals surface area contributed by atoms with Gasteiger partial charge in [-0.25, -0.2) is 0 Å². The topological polar surface area (TPSA) is 61.4 Å². The summed E-state index contributed by atoms with van der Waals surface area (Å²) in [6, 6.07) is 0.572. The molecule has 2 aliphatic rings. The number of rotatable bonds is 8. The van der Waals surface area contributed by atoms with Crippen LogP contribution in [0.1, 0.15) is 51.9 Å². The molecule has 21 heavy (non-hydrogen) atoms. The molecule has 0 radical (unpaired) electrons. The third-order valence-electron chi connectivity index (χ3n) is 4.38. The van der Waals surface area contributed by atoms with Gasteiger partial charge in [0.2, 0.25) is 11.8 Å². The molecule has 2 amide bonds. The van der Waals surface area contributed by atoms with Crippen molar-refractivity contribution in [2.24, 2.45) is 5.92 Å². The molecular weight excluding hydrogens is 266 g/mol. The van der Waals surface area contributed by atoms with Gasteiger partial charge in [0.05, 0.1) is 0 Å². The van der Waals surface area contributed by atoms with E-state index in [1.54, 1.807) is 0 Å². The van der Waals surface area contributed by atoms with Crippen LogP contribution < -0.4 is 10.6 Å². The van der Waals surface area contributed by atoms with Gasteiger partial charge < -0.3 is 15.5 Å². The number of amides is 2. The second-order valence-electron chi connectivity index (χ2n) is 6.36. The molecule has 1 saturated carbocycles. The lowest BCUT2D eigenvalue weighted by atomic mass is 10.0. The predicted octanol–water partition coefficient (Wildman–Crippen LogP) is 1.28. The van der Waals surface area contributed by atoms with E-state index in [1.807, 2.05) is 11.8 Å². The van der Waals surface area contributed by atoms with Gasteiger partial charge in [0.25, 0.3) is 0 Å². The lowest BCUT2D eigenvalue weighted by Gasteiger charge is -2.32. The van der Waals surface area contributed by atoms with Gasteiger partial charge in [0, 0.05) is 38.5 Å². The standard InChI is InChI=1S/C16H29N3O2/c1-2-9-17-15(20)5-6-16(21)19-10-7-14(8-11-19)18-12-13-3-4-13/h13-14,18H,2-12H2,1H3,(H,17,20). The number of nitrogens with zero attached hydrogens (tertiary/aromatic N) is 1. The maximum atomic E-state index is 12.1. The minimum atomic E-state index is -0.00816. The second-order valence-corrected chi connectivity index (χ2v) is 6.36. The van der Waals surface area contributed by atoms with Crippen molar-refractivity contribution in [3.8, 4) is 0 Å². The van der Waals surface area contributed by atoms with Gasteiger partial charge in [-0.3, -0.25) is 9.59 Å². The first-order valence-electron chi connectivity index (χ1n) is 8.47. The summed E-state index contributed by atoms with van der Waals surface area (Å²) in [6.07, 6.45) is 6.44. The fourth-order valence-electron chi connectivity index (χ4n) is 2.72. The largest absolute Gasteiger partial charge is 0.356 e. The Morgan fingerprint density at radius 3 is 2.43 bits per heavy atom. The number of carbonyl (C=O) groups excluding carboxylic acids is 2. The average Bonchev–Trinajstić information content (AvgIpc) is 3.33. The van der Waals surface area contributed by atoms with E-state index in [4.69, 9.17) is 0 Å². The third-order valence-corrected chi connectivity index (χ3v) is 4.38. The Hall–Kier alpha value is -1.10. The van der Waals surface area contributed by atoms with E-state index in [0.717, 1.165) is 44.8 Å². The molecule has 0 aromatic rings. The highest BCUT2D eigenvalue weighted by atomic mass is 16.2. The van der Waals surface area contributed by atoms with E-state index in [1.165, 1.54) is 12.8 Å². The minimum absolute atomic E-state index is 0.00816. The van der Waals surface area contributed by atoms with Crippen molar-refractivity contribution in [3.63, 3.8) is 0 Å². The summed E-state index contributed by atoms with van der Waals surface area (Å²) in [5.74, 6) is 1.03. The van der Waals surface area contributed by atoms with Crippen molar-refractivity contribution in [1.29, 1.82) is 0 Å². The zero-order chi connectivity index (χ0) is 15.1. The van der Waals surface area contributed by atoms with Crippen molar-refractivity contribution < 1.29 is 9.59 Å². The van der Waals surface area contributed by atoms with E-state index in [0.29, 0.717) is 25.4 Å². The highest BCUT2D eigenvalue weighted by Gasteiger charge is 2.25. The van der Waals surface area contributed by atoms with Crippen LogP contribution in [0, 0.1) is 5.92 Å². The Kier molecular flexibility index (Phi) is 6.49. The molecule has 120 valence electrons. The number of nitrogens with one attached hydrogen (secondary N) is 2. The summed E-state index contributed by atoms with van der Waals surface area (Å²) < 4.78 is 0. The number of carbonyl (C=O) groups is 2. The van der Waals surface area contributed by atoms with E-state index < -0.39 is 0 Å². The molecule has 5 nitrogen and oxygen atoms in total. The highest BCUT2D eigenvalue weighted by Crippen LogP contribution is 2.28. The monoisotopic (exact) mass is 295 g/mol. The van der Waals surface area contributed by atoms with Crippen molar-refractivity contribution in [2.45, 2.75) is 57.9 Å². The molecule has 0 aromatic heterocycles. The molecule has 0 aromatic carbocycles. The molecule has 2 rings (SSSR count). The Bertz CT molecular complexity index is 347. The van der Waals surface area contributed by atoms with Crippen molar-refractivity contribution in [2.75, 3.05) is 26.2 Å². The Morgan fingerprint density at radius 1 is 1.10 bits per heavy atom. The summed E-state index contributed by atoms with van der Waals surface area (Å²) in [6.45, 7) is 5.53. The lowest BCUT2D eigenvalue weighted by Crippen LogP contribution is -2.45. The van der Waals surface area contributed by atoms with Crippen LogP contribution in [0.4, 0.5) is 0 Å². The fourth-order valence-corrected chi connectivity index (χ4v) is 2.72. The highest BCUT2D eigenvalue weighted by molar-refractivity contribution is 5.83. The van der Waals surface area contributed by atoms with Crippen molar-refractivity contribution >= 4 is 11.8 Å². The zero-order valence-electron chi connectivity index (χ0n) is 13.2. The number of hydrogen-bond donors (Lipinski definition) is 2. The molecule has 1 aliphatic heterocycles.